The lowest BCUT2D eigenvalue weighted by atomic mass is 9.91. The van der Waals surface area contributed by atoms with E-state index in [1.54, 1.807) is 18.2 Å². The van der Waals surface area contributed by atoms with Crippen LogP contribution in [0.1, 0.15) is 21.5 Å². The van der Waals surface area contributed by atoms with Crippen molar-refractivity contribution in [2.45, 2.75) is 13.0 Å². The highest BCUT2D eigenvalue weighted by Gasteiger charge is 2.27. The summed E-state index contributed by atoms with van der Waals surface area (Å²) in [5.41, 5.74) is 2.61. The van der Waals surface area contributed by atoms with Crippen LogP contribution in [0, 0.1) is 5.92 Å². The Morgan fingerprint density at radius 1 is 1.18 bits per heavy atom. The van der Waals surface area contributed by atoms with Crippen molar-refractivity contribution >= 4 is 17.6 Å². The third-order valence-electron chi connectivity index (χ3n) is 4.08. The van der Waals surface area contributed by atoms with Crippen LogP contribution in [0.15, 0.2) is 48.5 Å². The number of nitrogens with zero attached hydrogens (tertiary/aromatic N) is 1. The maximum atomic E-state index is 11.0. The SMILES string of the molecule is O=C(O)c1cccc(CN2CC(Cc3ccccc3Cl)C2)c1. The highest BCUT2D eigenvalue weighted by molar-refractivity contribution is 6.31. The van der Waals surface area contributed by atoms with E-state index in [1.165, 1.54) is 5.56 Å². The van der Waals surface area contributed by atoms with Crippen molar-refractivity contribution in [3.63, 3.8) is 0 Å². The van der Waals surface area contributed by atoms with Crippen molar-refractivity contribution in [2.24, 2.45) is 5.92 Å². The minimum absolute atomic E-state index is 0.352. The largest absolute Gasteiger partial charge is 0.478 e. The Kier molecular flexibility index (Phi) is 4.46. The molecule has 0 aliphatic carbocycles. The minimum atomic E-state index is -0.873. The molecule has 0 bridgehead atoms. The fourth-order valence-corrected chi connectivity index (χ4v) is 3.18. The van der Waals surface area contributed by atoms with Crippen molar-refractivity contribution < 1.29 is 9.90 Å². The van der Waals surface area contributed by atoms with Crippen molar-refractivity contribution in [1.29, 1.82) is 0 Å². The van der Waals surface area contributed by atoms with Gasteiger partial charge in [0.25, 0.3) is 0 Å². The first-order chi connectivity index (χ1) is 10.6. The first kappa shape index (κ1) is 15.1. The summed E-state index contributed by atoms with van der Waals surface area (Å²) in [6.07, 6.45) is 1.01. The number of carboxylic acids is 1. The van der Waals surface area contributed by atoms with Gasteiger partial charge in [-0.05, 0) is 41.7 Å². The van der Waals surface area contributed by atoms with E-state index in [9.17, 15) is 4.79 Å². The van der Waals surface area contributed by atoms with Gasteiger partial charge in [0, 0.05) is 24.7 Å². The Labute approximate surface area is 135 Å². The van der Waals surface area contributed by atoms with E-state index in [4.69, 9.17) is 16.7 Å². The van der Waals surface area contributed by atoms with Gasteiger partial charge in [0.1, 0.15) is 0 Å². The average molecular weight is 316 g/mol. The molecule has 114 valence electrons. The van der Waals surface area contributed by atoms with Crippen molar-refractivity contribution in [3.05, 3.63) is 70.2 Å². The standard InChI is InChI=1S/C18H18ClNO2/c19-17-7-2-1-5-15(17)9-14-11-20(12-14)10-13-4-3-6-16(8-13)18(21)22/h1-8,14H,9-12H2,(H,21,22). The second-order valence-corrected chi connectivity index (χ2v) is 6.27. The summed E-state index contributed by atoms with van der Waals surface area (Å²) in [5, 5.41) is 9.86. The van der Waals surface area contributed by atoms with Gasteiger partial charge in [-0.3, -0.25) is 4.90 Å². The minimum Gasteiger partial charge on any atom is -0.478 e. The monoisotopic (exact) mass is 315 g/mol. The Morgan fingerprint density at radius 2 is 1.95 bits per heavy atom. The van der Waals surface area contributed by atoms with Crippen LogP contribution in [0.4, 0.5) is 0 Å². The molecule has 0 radical (unpaired) electrons. The van der Waals surface area contributed by atoms with Crippen LogP contribution in [0.2, 0.25) is 5.02 Å². The topological polar surface area (TPSA) is 40.5 Å². The van der Waals surface area contributed by atoms with E-state index < -0.39 is 5.97 Å². The molecule has 4 heteroatoms. The van der Waals surface area contributed by atoms with E-state index in [1.807, 2.05) is 24.3 Å². The molecule has 1 N–H and O–H groups in total. The van der Waals surface area contributed by atoms with E-state index in [0.717, 1.165) is 36.6 Å². The number of aromatic carboxylic acids is 1. The van der Waals surface area contributed by atoms with Crippen LogP contribution in [-0.2, 0) is 13.0 Å². The molecule has 1 heterocycles. The fourth-order valence-electron chi connectivity index (χ4n) is 2.97. The number of carbonyl (C=O) groups is 1. The molecule has 1 fully saturated rings. The Bertz CT molecular complexity index is 680. The summed E-state index contributed by atoms with van der Waals surface area (Å²) in [6, 6.07) is 15.2. The van der Waals surface area contributed by atoms with Gasteiger partial charge >= 0.3 is 5.97 Å². The number of hydrogen-bond acceptors (Lipinski definition) is 2. The van der Waals surface area contributed by atoms with Crippen LogP contribution < -0.4 is 0 Å². The van der Waals surface area contributed by atoms with Gasteiger partial charge in [0.15, 0.2) is 0 Å². The molecule has 1 aliphatic heterocycles. The highest BCUT2D eigenvalue weighted by atomic mass is 35.5. The molecule has 0 unspecified atom stereocenters. The van der Waals surface area contributed by atoms with Crippen LogP contribution >= 0.6 is 11.6 Å². The van der Waals surface area contributed by atoms with Gasteiger partial charge in [-0.2, -0.15) is 0 Å². The summed E-state index contributed by atoms with van der Waals surface area (Å²) in [4.78, 5) is 13.3. The number of rotatable bonds is 5. The highest BCUT2D eigenvalue weighted by Crippen LogP contribution is 2.25. The number of halogens is 1. The van der Waals surface area contributed by atoms with Crippen molar-refractivity contribution in [3.8, 4) is 0 Å². The normalized spacial score (nSPS) is 15.5. The molecule has 1 aliphatic rings. The van der Waals surface area contributed by atoms with Crippen LogP contribution in [-0.4, -0.2) is 29.1 Å². The zero-order valence-corrected chi connectivity index (χ0v) is 13.0. The number of carboxylic acid groups (broad SMARTS) is 1. The van der Waals surface area contributed by atoms with Gasteiger partial charge < -0.3 is 5.11 Å². The zero-order chi connectivity index (χ0) is 15.5. The van der Waals surface area contributed by atoms with E-state index in [0.29, 0.717) is 11.5 Å². The van der Waals surface area contributed by atoms with E-state index in [-0.39, 0.29) is 0 Å². The predicted molar refractivity (Wildman–Crippen MR) is 87.3 cm³/mol. The first-order valence-electron chi connectivity index (χ1n) is 7.40. The molecular formula is C18H18ClNO2. The van der Waals surface area contributed by atoms with Crippen LogP contribution in [0.5, 0.6) is 0 Å². The second-order valence-electron chi connectivity index (χ2n) is 5.86. The van der Waals surface area contributed by atoms with Gasteiger partial charge in [-0.1, -0.05) is 41.9 Å². The van der Waals surface area contributed by atoms with Gasteiger partial charge in [0.05, 0.1) is 5.56 Å². The Morgan fingerprint density at radius 3 is 2.68 bits per heavy atom. The molecule has 3 rings (SSSR count). The molecular weight excluding hydrogens is 298 g/mol. The summed E-state index contributed by atoms with van der Waals surface area (Å²) < 4.78 is 0. The quantitative estimate of drug-likeness (QED) is 0.914. The summed E-state index contributed by atoms with van der Waals surface area (Å²) in [7, 11) is 0. The molecule has 2 aromatic rings. The lowest BCUT2D eigenvalue weighted by Crippen LogP contribution is -2.46. The molecule has 0 spiro atoms. The lowest BCUT2D eigenvalue weighted by Gasteiger charge is -2.39. The van der Waals surface area contributed by atoms with Crippen molar-refractivity contribution in [2.75, 3.05) is 13.1 Å². The number of hydrogen-bond donors (Lipinski definition) is 1. The predicted octanol–water partition coefficient (Wildman–Crippen LogP) is 3.71. The third kappa shape index (κ3) is 3.49. The smallest absolute Gasteiger partial charge is 0.335 e. The summed E-state index contributed by atoms with van der Waals surface area (Å²) in [5.74, 6) is -0.246. The summed E-state index contributed by atoms with van der Waals surface area (Å²) >= 11 is 6.19. The van der Waals surface area contributed by atoms with Gasteiger partial charge in [-0.15, -0.1) is 0 Å². The van der Waals surface area contributed by atoms with Gasteiger partial charge in [-0.25, -0.2) is 4.79 Å². The van der Waals surface area contributed by atoms with Crippen LogP contribution in [0.3, 0.4) is 0 Å². The summed E-state index contributed by atoms with van der Waals surface area (Å²) in [6.45, 7) is 2.87. The Balaban J connectivity index is 1.53. The molecule has 3 nitrogen and oxygen atoms in total. The molecule has 0 amide bonds. The van der Waals surface area contributed by atoms with E-state index in [2.05, 4.69) is 11.0 Å². The molecule has 0 saturated carbocycles. The van der Waals surface area contributed by atoms with Gasteiger partial charge in [0.2, 0.25) is 0 Å². The maximum absolute atomic E-state index is 11.0. The third-order valence-corrected chi connectivity index (χ3v) is 4.45. The Hall–Kier alpha value is -1.84. The molecule has 22 heavy (non-hydrogen) atoms. The molecule has 0 atom stereocenters. The zero-order valence-electron chi connectivity index (χ0n) is 12.2. The lowest BCUT2D eigenvalue weighted by molar-refractivity contribution is 0.0695. The molecule has 2 aromatic carbocycles. The molecule has 0 aromatic heterocycles. The first-order valence-corrected chi connectivity index (χ1v) is 7.77. The molecule has 1 saturated heterocycles. The fraction of sp³-hybridized carbons (Fsp3) is 0.278. The van der Waals surface area contributed by atoms with Crippen molar-refractivity contribution in [1.82, 2.24) is 4.90 Å². The maximum Gasteiger partial charge on any atom is 0.335 e. The number of likely N-dealkylation sites (tertiary alicyclic amines) is 1. The second kappa shape index (κ2) is 6.51. The van der Waals surface area contributed by atoms with E-state index >= 15 is 0 Å². The average Bonchev–Trinajstić information content (AvgIpc) is 2.47. The van der Waals surface area contributed by atoms with Crippen LogP contribution in [0.25, 0.3) is 0 Å². The number of benzene rings is 2.